The molecule has 0 aromatic heterocycles. The van der Waals surface area contributed by atoms with Crippen LogP contribution in [0.15, 0.2) is 0 Å². The molecule has 0 spiro atoms. The Hall–Kier alpha value is -0.660. The first-order chi connectivity index (χ1) is 4.63. The van der Waals surface area contributed by atoms with Crippen LogP contribution in [0.25, 0.3) is 0 Å². The maximum atomic E-state index is 11.0. The van der Waals surface area contributed by atoms with Gasteiger partial charge in [0.15, 0.2) is 5.78 Å². The van der Waals surface area contributed by atoms with Crippen molar-refractivity contribution >= 4 is 11.6 Å². The number of ketones is 2. The van der Waals surface area contributed by atoms with E-state index in [0.29, 0.717) is 6.42 Å². The number of carbonyl (C=O) groups excluding carboxylic acids is 2. The summed E-state index contributed by atoms with van der Waals surface area (Å²) < 4.78 is 0. The van der Waals surface area contributed by atoms with Gasteiger partial charge in [-0.25, -0.2) is 0 Å². The molecule has 0 aliphatic carbocycles. The molecule has 0 aromatic carbocycles. The minimum atomic E-state index is -0.241. The maximum Gasteiger partial charge on any atom is 0.201 e. The number of hydrogen-bond acceptors (Lipinski definition) is 2. The van der Waals surface area contributed by atoms with Crippen LogP contribution in [0.1, 0.15) is 33.6 Å². The Morgan fingerprint density at radius 2 is 1.80 bits per heavy atom. The molecule has 0 heterocycles. The van der Waals surface area contributed by atoms with Gasteiger partial charge in [-0.05, 0) is 6.42 Å². The van der Waals surface area contributed by atoms with E-state index in [2.05, 4.69) is 0 Å². The lowest BCUT2D eigenvalue weighted by Gasteiger charge is -2.03. The van der Waals surface area contributed by atoms with Crippen LogP contribution in [0.5, 0.6) is 0 Å². The highest BCUT2D eigenvalue weighted by Crippen LogP contribution is 2.03. The maximum absolute atomic E-state index is 11.0. The molecule has 2 nitrogen and oxygen atoms in total. The third-order valence-corrected chi connectivity index (χ3v) is 1.66. The standard InChI is InChI=1S/C8H14O2/c1-4-6(3)8(10)7(9)5-2/h6H,4-5H2,1-3H3/t6-/m1/s1. The fourth-order valence-corrected chi connectivity index (χ4v) is 0.634. The van der Waals surface area contributed by atoms with E-state index in [4.69, 9.17) is 0 Å². The van der Waals surface area contributed by atoms with Crippen molar-refractivity contribution < 1.29 is 9.59 Å². The van der Waals surface area contributed by atoms with Crippen molar-refractivity contribution in [3.05, 3.63) is 0 Å². The minimum Gasteiger partial charge on any atom is -0.291 e. The lowest BCUT2D eigenvalue weighted by molar-refractivity contribution is -0.138. The molecule has 10 heavy (non-hydrogen) atoms. The van der Waals surface area contributed by atoms with Gasteiger partial charge in [-0.15, -0.1) is 0 Å². The molecule has 0 aliphatic heterocycles. The second-order valence-electron chi connectivity index (χ2n) is 2.45. The van der Waals surface area contributed by atoms with Crippen molar-refractivity contribution in [2.24, 2.45) is 5.92 Å². The summed E-state index contributed by atoms with van der Waals surface area (Å²) in [7, 11) is 0. The summed E-state index contributed by atoms with van der Waals surface area (Å²) >= 11 is 0. The normalized spacial score (nSPS) is 12.7. The Kier molecular flexibility index (Phi) is 3.93. The highest BCUT2D eigenvalue weighted by atomic mass is 16.2. The molecule has 0 N–H and O–H groups in total. The van der Waals surface area contributed by atoms with Gasteiger partial charge in [-0.3, -0.25) is 9.59 Å². The Balaban J connectivity index is 3.95. The molecule has 0 saturated carbocycles. The van der Waals surface area contributed by atoms with Crippen molar-refractivity contribution in [2.45, 2.75) is 33.6 Å². The number of rotatable bonds is 4. The molecule has 0 unspecified atom stereocenters. The van der Waals surface area contributed by atoms with Crippen molar-refractivity contribution in [1.82, 2.24) is 0 Å². The molecule has 0 fully saturated rings. The van der Waals surface area contributed by atoms with Gasteiger partial charge in [0.05, 0.1) is 0 Å². The third-order valence-electron chi connectivity index (χ3n) is 1.66. The smallest absolute Gasteiger partial charge is 0.201 e. The summed E-state index contributed by atoms with van der Waals surface area (Å²) in [4.78, 5) is 21.7. The summed E-state index contributed by atoms with van der Waals surface area (Å²) in [6, 6.07) is 0. The highest BCUT2D eigenvalue weighted by Gasteiger charge is 2.16. The van der Waals surface area contributed by atoms with Crippen LogP contribution in [-0.2, 0) is 9.59 Å². The first kappa shape index (κ1) is 9.34. The Labute approximate surface area is 61.6 Å². The zero-order chi connectivity index (χ0) is 8.15. The predicted molar refractivity (Wildman–Crippen MR) is 39.8 cm³/mol. The monoisotopic (exact) mass is 142 g/mol. The first-order valence-corrected chi connectivity index (χ1v) is 3.70. The van der Waals surface area contributed by atoms with E-state index in [-0.39, 0.29) is 17.5 Å². The van der Waals surface area contributed by atoms with Crippen LogP contribution in [0.4, 0.5) is 0 Å². The van der Waals surface area contributed by atoms with Crippen LogP contribution < -0.4 is 0 Å². The van der Waals surface area contributed by atoms with E-state index in [9.17, 15) is 9.59 Å². The van der Waals surface area contributed by atoms with Gasteiger partial charge in [0.1, 0.15) is 0 Å². The van der Waals surface area contributed by atoms with Crippen molar-refractivity contribution in [3.63, 3.8) is 0 Å². The molecule has 2 heteroatoms. The zero-order valence-electron chi connectivity index (χ0n) is 6.81. The zero-order valence-corrected chi connectivity index (χ0v) is 6.81. The average molecular weight is 142 g/mol. The van der Waals surface area contributed by atoms with E-state index >= 15 is 0 Å². The second-order valence-corrected chi connectivity index (χ2v) is 2.45. The number of Topliss-reactive ketones (excluding diaryl/α,β-unsaturated/α-hetero) is 2. The predicted octanol–water partition coefficient (Wildman–Crippen LogP) is 1.58. The van der Waals surface area contributed by atoms with Gasteiger partial charge in [-0.1, -0.05) is 20.8 Å². The SMILES string of the molecule is CCC(=O)C(=O)[C@H](C)CC. The summed E-state index contributed by atoms with van der Waals surface area (Å²) in [5, 5.41) is 0. The first-order valence-electron chi connectivity index (χ1n) is 3.70. The molecular weight excluding hydrogens is 128 g/mol. The van der Waals surface area contributed by atoms with Gasteiger partial charge in [0.2, 0.25) is 5.78 Å². The molecule has 0 rings (SSSR count). The van der Waals surface area contributed by atoms with Crippen LogP contribution >= 0.6 is 0 Å². The molecule has 0 aromatic rings. The summed E-state index contributed by atoms with van der Waals surface area (Å²) in [5.41, 5.74) is 0. The fraction of sp³-hybridized carbons (Fsp3) is 0.750. The van der Waals surface area contributed by atoms with Gasteiger partial charge in [-0.2, -0.15) is 0 Å². The van der Waals surface area contributed by atoms with E-state index in [0.717, 1.165) is 6.42 Å². The minimum absolute atomic E-state index is 0.0903. The van der Waals surface area contributed by atoms with Crippen LogP contribution in [-0.4, -0.2) is 11.6 Å². The van der Waals surface area contributed by atoms with Crippen molar-refractivity contribution in [3.8, 4) is 0 Å². The molecule has 58 valence electrons. The summed E-state index contributed by atoms with van der Waals surface area (Å²) in [5.74, 6) is -0.549. The summed E-state index contributed by atoms with van der Waals surface area (Å²) in [6.07, 6.45) is 1.09. The topological polar surface area (TPSA) is 34.1 Å². The molecule has 0 radical (unpaired) electrons. The van der Waals surface area contributed by atoms with E-state index in [1.165, 1.54) is 0 Å². The van der Waals surface area contributed by atoms with Gasteiger partial charge >= 0.3 is 0 Å². The second kappa shape index (κ2) is 4.20. The number of hydrogen-bond donors (Lipinski definition) is 0. The summed E-state index contributed by atoms with van der Waals surface area (Å²) in [6.45, 7) is 5.41. The van der Waals surface area contributed by atoms with Crippen molar-refractivity contribution in [1.29, 1.82) is 0 Å². The van der Waals surface area contributed by atoms with E-state index in [1.807, 2.05) is 6.92 Å². The molecule has 0 aliphatic rings. The Bertz CT molecular complexity index is 138. The van der Waals surface area contributed by atoms with Crippen molar-refractivity contribution in [2.75, 3.05) is 0 Å². The molecule has 0 bridgehead atoms. The molecule has 0 amide bonds. The fourth-order valence-electron chi connectivity index (χ4n) is 0.634. The van der Waals surface area contributed by atoms with Crippen LogP contribution in [0, 0.1) is 5.92 Å². The quantitative estimate of drug-likeness (QED) is 0.558. The lowest BCUT2D eigenvalue weighted by atomic mass is 9.99. The Morgan fingerprint density at radius 1 is 1.30 bits per heavy atom. The van der Waals surface area contributed by atoms with Crippen LogP contribution in [0.3, 0.4) is 0 Å². The highest BCUT2D eigenvalue weighted by molar-refractivity contribution is 6.37. The third kappa shape index (κ3) is 2.29. The largest absolute Gasteiger partial charge is 0.291 e. The van der Waals surface area contributed by atoms with Gasteiger partial charge in [0, 0.05) is 12.3 Å². The van der Waals surface area contributed by atoms with Gasteiger partial charge in [0.25, 0.3) is 0 Å². The van der Waals surface area contributed by atoms with E-state index < -0.39 is 0 Å². The molecule has 0 saturated heterocycles. The van der Waals surface area contributed by atoms with Gasteiger partial charge < -0.3 is 0 Å². The molecular formula is C8H14O2. The lowest BCUT2D eigenvalue weighted by Crippen LogP contribution is -2.19. The van der Waals surface area contributed by atoms with Crippen LogP contribution in [0.2, 0.25) is 0 Å². The Morgan fingerprint density at radius 3 is 2.10 bits per heavy atom. The average Bonchev–Trinajstić information content (AvgIpc) is 2.00. The number of carbonyl (C=O) groups is 2. The van der Waals surface area contributed by atoms with E-state index in [1.54, 1.807) is 13.8 Å². The molecule has 1 atom stereocenters.